The summed E-state index contributed by atoms with van der Waals surface area (Å²) in [6.07, 6.45) is -4.75. The predicted octanol–water partition coefficient (Wildman–Crippen LogP) is 4.82. The van der Waals surface area contributed by atoms with E-state index >= 15 is 0 Å². The van der Waals surface area contributed by atoms with Crippen LogP contribution in [0.4, 0.5) is 18.9 Å². The number of carbonyl (C=O) groups is 2. The highest BCUT2D eigenvalue weighted by Gasteiger charge is 2.31. The number of morpholine rings is 1. The van der Waals surface area contributed by atoms with Crippen LogP contribution in [0.2, 0.25) is 5.02 Å². The molecule has 37 heavy (non-hydrogen) atoms. The van der Waals surface area contributed by atoms with Crippen LogP contribution in [0.15, 0.2) is 48.5 Å². The third-order valence-electron chi connectivity index (χ3n) is 6.08. The van der Waals surface area contributed by atoms with E-state index in [0.717, 1.165) is 0 Å². The van der Waals surface area contributed by atoms with Gasteiger partial charge in [0.25, 0.3) is 0 Å². The van der Waals surface area contributed by atoms with Gasteiger partial charge in [0.15, 0.2) is 0 Å². The minimum Gasteiger partial charge on any atom is -0.406 e. The summed E-state index contributed by atoms with van der Waals surface area (Å²) in [7, 11) is 0. The lowest BCUT2D eigenvalue weighted by atomic mass is 9.92. The van der Waals surface area contributed by atoms with Crippen LogP contribution in [-0.2, 0) is 14.3 Å². The van der Waals surface area contributed by atoms with Crippen molar-refractivity contribution < 1.29 is 32.2 Å². The van der Waals surface area contributed by atoms with Crippen molar-refractivity contribution in [3.8, 4) is 5.75 Å². The van der Waals surface area contributed by atoms with Crippen molar-refractivity contribution in [1.29, 1.82) is 0 Å². The van der Waals surface area contributed by atoms with Crippen LogP contribution < -0.4 is 15.4 Å². The van der Waals surface area contributed by atoms with Gasteiger partial charge >= 0.3 is 6.36 Å². The fraction of sp³-hybridized carbons (Fsp3) is 0.462. The molecule has 2 amide bonds. The maximum Gasteiger partial charge on any atom is 0.573 e. The van der Waals surface area contributed by atoms with Crippen LogP contribution in [0, 0.1) is 5.92 Å². The standard InChI is InChI=1S/C26H31ClF3N3O4/c1-17(2)23(16-31-20-7-9-21(10-8-20)37-26(28,29)30)32-25(35)22(18-3-5-19(27)6-4-18)15-24(34)33-11-13-36-14-12-33/h3-10,17,22-23,31H,11-16H2,1-2H3,(H,32,35)/t22-,23-/m1/s1. The Balaban J connectivity index is 1.67. The fourth-order valence-electron chi connectivity index (χ4n) is 3.91. The molecule has 1 fully saturated rings. The summed E-state index contributed by atoms with van der Waals surface area (Å²) in [5.41, 5.74) is 1.25. The van der Waals surface area contributed by atoms with E-state index < -0.39 is 12.3 Å². The highest BCUT2D eigenvalue weighted by Crippen LogP contribution is 2.26. The van der Waals surface area contributed by atoms with Gasteiger partial charge in [0.2, 0.25) is 11.8 Å². The molecule has 11 heteroatoms. The van der Waals surface area contributed by atoms with Crippen molar-refractivity contribution in [2.24, 2.45) is 5.92 Å². The maximum absolute atomic E-state index is 13.5. The lowest BCUT2D eigenvalue weighted by Crippen LogP contribution is -2.47. The molecule has 7 nitrogen and oxygen atoms in total. The molecule has 2 aromatic rings. The molecule has 3 rings (SSSR count). The minimum absolute atomic E-state index is 0.00633. The molecule has 1 aliphatic rings. The van der Waals surface area contributed by atoms with Gasteiger partial charge in [-0.25, -0.2) is 0 Å². The molecule has 2 N–H and O–H groups in total. The number of hydrogen-bond acceptors (Lipinski definition) is 5. The molecule has 1 saturated heterocycles. The predicted molar refractivity (Wildman–Crippen MR) is 135 cm³/mol. The number of hydrogen-bond donors (Lipinski definition) is 2. The number of benzene rings is 2. The Bertz CT molecular complexity index is 1030. The molecule has 202 valence electrons. The van der Waals surface area contributed by atoms with Crippen LogP contribution in [0.1, 0.15) is 31.7 Å². The van der Waals surface area contributed by atoms with Crippen LogP contribution in [0.25, 0.3) is 0 Å². The molecule has 1 heterocycles. The second-order valence-corrected chi connectivity index (χ2v) is 9.55. The second-order valence-electron chi connectivity index (χ2n) is 9.11. The zero-order valence-electron chi connectivity index (χ0n) is 20.7. The molecular weight excluding hydrogens is 511 g/mol. The summed E-state index contributed by atoms with van der Waals surface area (Å²) < 4.78 is 46.4. The van der Waals surface area contributed by atoms with E-state index in [1.807, 2.05) is 13.8 Å². The topological polar surface area (TPSA) is 79.9 Å². The van der Waals surface area contributed by atoms with Crippen molar-refractivity contribution in [3.63, 3.8) is 0 Å². The molecule has 0 bridgehead atoms. The first-order chi connectivity index (χ1) is 17.5. The monoisotopic (exact) mass is 541 g/mol. The average Bonchev–Trinajstić information content (AvgIpc) is 2.85. The summed E-state index contributed by atoms with van der Waals surface area (Å²) in [4.78, 5) is 28.1. The molecule has 0 radical (unpaired) electrons. The van der Waals surface area contributed by atoms with Gasteiger partial charge in [-0.05, 0) is 47.9 Å². The lowest BCUT2D eigenvalue weighted by Gasteiger charge is -2.30. The first-order valence-electron chi connectivity index (χ1n) is 12.0. The van der Waals surface area contributed by atoms with Crippen LogP contribution in [-0.4, -0.2) is 62.0 Å². The molecule has 0 unspecified atom stereocenters. The molecular formula is C26H31ClF3N3O4. The molecule has 0 spiro atoms. The largest absolute Gasteiger partial charge is 0.573 e. The fourth-order valence-corrected chi connectivity index (χ4v) is 4.04. The number of nitrogens with one attached hydrogen (secondary N) is 2. The third kappa shape index (κ3) is 9.12. The van der Waals surface area contributed by atoms with E-state index in [0.29, 0.717) is 49.1 Å². The lowest BCUT2D eigenvalue weighted by molar-refractivity contribution is -0.274. The zero-order chi connectivity index (χ0) is 27.0. The Morgan fingerprint density at radius 2 is 1.68 bits per heavy atom. The summed E-state index contributed by atoms with van der Waals surface area (Å²) in [5.74, 6) is -1.42. The Labute approximate surface area is 219 Å². The molecule has 2 atom stereocenters. The normalized spacial score (nSPS) is 15.7. The van der Waals surface area contributed by atoms with Gasteiger partial charge in [-0.15, -0.1) is 13.2 Å². The molecule has 0 saturated carbocycles. The first kappa shape index (κ1) is 28.6. The van der Waals surface area contributed by atoms with E-state index in [9.17, 15) is 22.8 Å². The van der Waals surface area contributed by atoms with Gasteiger partial charge < -0.3 is 25.0 Å². The van der Waals surface area contributed by atoms with E-state index in [1.165, 1.54) is 24.3 Å². The highest BCUT2D eigenvalue weighted by atomic mass is 35.5. The van der Waals surface area contributed by atoms with Gasteiger partial charge in [0, 0.05) is 42.8 Å². The Kier molecular flexibility index (Phi) is 10.0. The van der Waals surface area contributed by atoms with Gasteiger partial charge in [0.05, 0.1) is 19.1 Å². The Hall–Kier alpha value is -2.98. The van der Waals surface area contributed by atoms with Crippen molar-refractivity contribution >= 4 is 29.1 Å². The van der Waals surface area contributed by atoms with Crippen molar-refractivity contribution in [1.82, 2.24) is 10.2 Å². The van der Waals surface area contributed by atoms with Crippen LogP contribution in [0.3, 0.4) is 0 Å². The van der Waals surface area contributed by atoms with Gasteiger partial charge in [-0.1, -0.05) is 37.6 Å². The van der Waals surface area contributed by atoms with E-state index in [1.54, 1.807) is 29.2 Å². The first-order valence-corrected chi connectivity index (χ1v) is 12.4. The van der Waals surface area contributed by atoms with Gasteiger partial charge in [0.1, 0.15) is 5.75 Å². The number of amides is 2. The van der Waals surface area contributed by atoms with Gasteiger partial charge in [-0.3, -0.25) is 9.59 Å². The number of halogens is 4. The molecule has 0 aliphatic carbocycles. The summed E-state index contributed by atoms with van der Waals surface area (Å²) in [6.45, 7) is 6.12. The minimum atomic E-state index is -4.76. The number of anilines is 1. The van der Waals surface area contributed by atoms with Crippen molar-refractivity contribution in [2.75, 3.05) is 38.2 Å². The van der Waals surface area contributed by atoms with Gasteiger partial charge in [-0.2, -0.15) is 0 Å². The van der Waals surface area contributed by atoms with Crippen LogP contribution >= 0.6 is 11.6 Å². The Morgan fingerprint density at radius 1 is 1.05 bits per heavy atom. The van der Waals surface area contributed by atoms with E-state index in [4.69, 9.17) is 16.3 Å². The summed E-state index contributed by atoms with van der Waals surface area (Å²) in [6, 6.07) is 11.9. The average molecular weight is 542 g/mol. The SMILES string of the molecule is CC(C)[C@@H](CNc1ccc(OC(F)(F)F)cc1)NC(=O)[C@H](CC(=O)N1CCOCC1)c1ccc(Cl)cc1. The Morgan fingerprint density at radius 3 is 2.24 bits per heavy atom. The number of ether oxygens (including phenoxy) is 2. The van der Waals surface area contributed by atoms with Crippen LogP contribution in [0.5, 0.6) is 5.75 Å². The smallest absolute Gasteiger partial charge is 0.406 e. The number of nitrogens with zero attached hydrogens (tertiary/aromatic N) is 1. The summed E-state index contributed by atoms with van der Waals surface area (Å²) >= 11 is 6.03. The quantitative estimate of drug-likeness (QED) is 0.451. The summed E-state index contributed by atoms with van der Waals surface area (Å²) in [5, 5.41) is 6.72. The zero-order valence-corrected chi connectivity index (χ0v) is 21.4. The van der Waals surface area contributed by atoms with E-state index in [-0.39, 0.29) is 35.9 Å². The molecule has 0 aromatic heterocycles. The molecule has 2 aromatic carbocycles. The number of rotatable bonds is 10. The van der Waals surface area contributed by atoms with E-state index in [2.05, 4.69) is 15.4 Å². The van der Waals surface area contributed by atoms with Crippen molar-refractivity contribution in [2.45, 2.75) is 38.6 Å². The third-order valence-corrected chi connectivity index (χ3v) is 6.33. The molecule has 1 aliphatic heterocycles. The maximum atomic E-state index is 13.5. The highest BCUT2D eigenvalue weighted by molar-refractivity contribution is 6.30. The second kappa shape index (κ2) is 13.0. The number of alkyl halides is 3. The number of carbonyl (C=O) groups excluding carboxylic acids is 2. The van der Waals surface area contributed by atoms with Crippen molar-refractivity contribution in [3.05, 3.63) is 59.1 Å².